The van der Waals surface area contributed by atoms with Crippen LogP contribution < -0.4 is 15.5 Å². The fourth-order valence-electron chi connectivity index (χ4n) is 3.03. The first-order chi connectivity index (χ1) is 15.7. The molecule has 0 atom stereocenters. The van der Waals surface area contributed by atoms with Crippen molar-refractivity contribution in [1.82, 2.24) is 5.43 Å². The number of aromatic hydroxyl groups is 1. The van der Waals surface area contributed by atoms with Gasteiger partial charge in [0.1, 0.15) is 0 Å². The van der Waals surface area contributed by atoms with Crippen molar-refractivity contribution in [1.29, 1.82) is 0 Å². The third kappa shape index (κ3) is 6.20. The number of carbonyl (C=O) groups excluding carboxylic acids is 2. The number of nitrogens with one attached hydrogen (secondary N) is 2. The van der Waals surface area contributed by atoms with Crippen molar-refractivity contribution in [3.05, 3.63) is 89.0 Å². The number of benzene rings is 3. The number of carbonyl (C=O) groups is 2. The van der Waals surface area contributed by atoms with E-state index in [0.29, 0.717) is 28.1 Å². The zero-order valence-corrected chi connectivity index (χ0v) is 19.0. The molecule has 3 N–H and O–H groups in total. The summed E-state index contributed by atoms with van der Waals surface area (Å²) < 4.78 is 5.04. The highest BCUT2D eigenvalue weighted by molar-refractivity contribution is 6.04. The number of nitrogens with zero attached hydrogens (tertiary/aromatic N) is 1. The van der Waals surface area contributed by atoms with Gasteiger partial charge >= 0.3 is 0 Å². The molecule has 0 radical (unpaired) electrons. The molecule has 3 aromatic carbocycles. The van der Waals surface area contributed by atoms with E-state index in [4.69, 9.17) is 4.74 Å². The molecule has 7 nitrogen and oxygen atoms in total. The molecule has 3 aromatic rings. The molecule has 170 valence electrons. The van der Waals surface area contributed by atoms with Gasteiger partial charge in [-0.05, 0) is 71.1 Å². The molecule has 0 unspecified atom stereocenters. The summed E-state index contributed by atoms with van der Waals surface area (Å²) in [4.78, 5) is 24.8. The third-order valence-corrected chi connectivity index (χ3v) is 5.00. The van der Waals surface area contributed by atoms with Crippen molar-refractivity contribution >= 4 is 23.7 Å². The van der Waals surface area contributed by atoms with Gasteiger partial charge in [-0.3, -0.25) is 9.59 Å². The van der Waals surface area contributed by atoms with Crippen molar-refractivity contribution in [3.63, 3.8) is 0 Å². The number of amides is 2. The molecular weight excluding hydrogens is 418 g/mol. The van der Waals surface area contributed by atoms with Crippen LogP contribution in [0, 0.1) is 0 Å². The number of hydrazone groups is 1. The Balaban J connectivity index is 1.58. The van der Waals surface area contributed by atoms with E-state index in [9.17, 15) is 14.7 Å². The fourth-order valence-corrected chi connectivity index (χ4v) is 3.03. The van der Waals surface area contributed by atoms with Gasteiger partial charge in [0.25, 0.3) is 11.8 Å². The van der Waals surface area contributed by atoms with Crippen molar-refractivity contribution in [2.24, 2.45) is 5.10 Å². The predicted octanol–water partition coefficient (Wildman–Crippen LogP) is 4.71. The molecule has 0 heterocycles. The summed E-state index contributed by atoms with van der Waals surface area (Å²) in [5.74, 6) is -0.282. The summed E-state index contributed by atoms with van der Waals surface area (Å²) in [6.45, 7) is 6.36. The second-order valence-electron chi connectivity index (χ2n) is 8.49. The molecule has 0 saturated carbocycles. The van der Waals surface area contributed by atoms with Crippen LogP contribution in [0.4, 0.5) is 5.69 Å². The van der Waals surface area contributed by atoms with E-state index in [1.54, 1.807) is 48.5 Å². The van der Waals surface area contributed by atoms with Crippen LogP contribution in [0.1, 0.15) is 52.6 Å². The Kier molecular flexibility index (Phi) is 7.13. The Morgan fingerprint density at radius 1 is 0.909 bits per heavy atom. The predicted molar refractivity (Wildman–Crippen MR) is 129 cm³/mol. The van der Waals surface area contributed by atoms with Crippen LogP contribution in [0.25, 0.3) is 0 Å². The highest BCUT2D eigenvalue weighted by atomic mass is 16.5. The van der Waals surface area contributed by atoms with Crippen molar-refractivity contribution in [3.8, 4) is 11.5 Å². The van der Waals surface area contributed by atoms with E-state index in [2.05, 4.69) is 36.6 Å². The summed E-state index contributed by atoms with van der Waals surface area (Å²) in [5, 5.41) is 16.4. The average molecular weight is 446 g/mol. The normalized spacial score (nSPS) is 11.3. The number of rotatable bonds is 6. The molecule has 0 aliphatic carbocycles. The van der Waals surface area contributed by atoms with Crippen LogP contribution in [0.15, 0.2) is 71.8 Å². The zero-order chi connectivity index (χ0) is 24.0. The quantitative estimate of drug-likeness (QED) is 0.378. The number of anilines is 1. The second kappa shape index (κ2) is 9.99. The van der Waals surface area contributed by atoms with E-state index >= 15 is 0 Å². The Bertz CT molecular complexity index is 1160. The summed E-state index contributed by atoms with van der Waals surface area (Å²) in [6.07, 6.45) is 1.44. The first-order valence-electron chi connectivity index (χ1n) is 10.4. The van der Waals surface area contributed by atoms with Crippen molar-refractivity contribution < 1.29 is 19.4 Å². The van der Waals surface area contributed by atoms with Gasteiger partial charge < -0.3 is 15.2 Å². The molecule has 7 heteroatoms. The largest absolute Gasteiger partial charge is 0.504 e. The molecular formula is C26H27N3O4. The number of hydrogen-bond acceptors (Lipinski definition) is 5. The number of phenolic OH excluding ortho intramolecular Hbond substituents is 1. The topological polar surface area (TPSA) is 100 Å². The van der Waals surface area contributed by atoms with Gasteiger partial charge in [-0.25, -0.2) is 5.43 Å². The van der Waals surface area contributed by atoms with Crippen molar-refractivity contribution in [2.75, 3.05) is 12.4 Å². The van der Waals surface area contributed by atoms with E-state index in [1.807, 2.05) is 12.1 Å². The Labute approximate surface area is 193 Å². The number of ether oxygens (including phenoxy) is 1. The molecule has 0 aliphatic rings. The van der Waals surface area contributed by atoms with Crippen LogP contribution in [0.5, 0.6) is 11.5 Å². The zero-order valence-electron chi connectivity index (χ0n) is 19.0. The van der Waals surface area contributed by atoms with Gasteiger partial charge in [-0.15, -0.1) is 0 Å². The molecule has 0 bridgehead atoms. The van der Waals surface area contributed by atoms with Crippen LogP contribution in [-0.4, -0.2) is 30.2 Å². The first-order valence-corrected chi connectivity index (χ1v) is 10.4. The Morgan fingerprint density at radius 3 is 2.12 bits per heavy atom. The SMILES string of the molecule is COc1cc(/C=N/NC(=O)c2ccc(NC(=O)c3ccc(C(C)(C)C)cc3)cc2)ccc1O. The van der Waals surface area contributed by atoms with E-state index in [-0.39, 0.29) is 17.1 Å². The summed E-state index contributed by atoms with van der Waals surface area (Å²) >= 11 is 0. The fraction of sp³-hybridized carbons (Fsp3) is 0.192. The van der Waals surface area contributed by atoms with Crippen LogP contribution in [0.2, 0.25) is 0 Å². The lowest BCUT2D eigenvalue weighted by molar-refractivity contribution is 0.0954. The van der Waals surface area contributed by atoms with Crippen LogP contribution in [-0.2, 0) is 5.41 Å². The van der Waals surface area contributed by atoms with Gasteiger partial charge in [0.2, 0.25) is 0 Å². The lowest BCUT2D eigenvalue weighted by atomic mass is 9.87. The first kappa shape index (κ1) is 23.5. The molecule has 0 saturated heterocycles. The molecule has 0 aromatic heterocycles. The van der Waals surface area contributed by atoms with Gasteiger partial charge in [-0.2, -0.15) is 5.10 Å². The van der Waals surface area contributed by atoms with Crippen molar-refractivity contribution in [2.45, 2.75) is 26.2 Å². The Morgan fingerprint density at radius 2 is 1.52 bits per heavy atom. The minimum absolute atomic E-state index is 0.0202. The van der Waals surface area contributed by atoms with E-state index in [0.717, 1.165) is 5.56 Å². The maximum Gasteiger partial charge on any atom is 0.271 e. The maximum atomic E-state index is 12.5. The minimum Gasteiger partial charge on any atom is -0.504 e. The molecule has 0 fully saturated rings. The Hall–Kier alpha value is -4.13. The molecule has 0 aliphatic heterocycles. The number of phenols is 1. The van der Waals surface area contributed by atoms with Gasteiger partial charge in [0.05, 0.1) is 13.3 Å². The van der Waals surface area contributed by atoms with Crippen LogP contribution >= 0.6 is 0 Å². The molecule has 2 amide bonds. The lowest BCUT2D eigenvalue weighted by Gasteiger charge is -2.19. The van der Waals surface area contributed by atoms with E-state index in [1.165, 1.54) is 19.4 Å². The smallest absolute Gasteiger partial charge is 0.271 e. The number of hydrogen-bond donors (Lipinski definition) is 3. The van der Waals surface area contributed by atoms with E-state index < -0.39 is 5.91 Å². The third-order valence-electron chi connectivity index (χ3n) is 5.00. The van der Waals surface area contributed by atoms with Gasteiger partial charge in [0.15, 0.2) is 11.5 Å². The highest BCUT2D eigenvalue weighted by Gasteiger charge is 2.14. The average Bonchev–Trinajstić information content (AvgIpc) is 2.80. The second-order valence-corrected chi connectivity index (χ2v) is 8.49. The molecule has 3 rings (SSSR count). The monoisotopic (exact) mass is 445 g/mol. The minimum atomic E-state index is -0.396. The summed E-state index contributed by atoms with van der Waals surface area (Å²) in [5.41, 5.74) is 5.80. The maximum absolute atomic E-state index is 12.5. The highest BCUT2D eigenvalue weighted by Crippen LogP contribution is 2.25. The van der Waals surface area contributed by atoms with Gasteiger partial charge in [-0.1, -0.05) is 32.9 Å². The lowest BCUT2D eigenvalue weighted by Crippen LogP contribution is -2.18. The molecule has 0 spiro atoms. The molecule has 33 heavy (non-hydrogen) atoms. The van der Waals surface area contributed by atoms with Crippen LogP contribution in [0.3, 0.4) is 0 Å². The standard InChI is InChI=1S/C26H27N3O4/c1-26(2,3)20-10-6-18(7-11-20)24(31)28-21-12-8-19(9-13-21)25(32)29-27-16-17-5-14-22(30)23(15-17)33-4/h5-16,30H,1-4H3,(H,28,31)(H,29,32)/b27-16+. The van der Waals surface area contributed by atoms with Gasteiger partial charge in [0, 0.05) is 16.8 Å². The number of methoxy groups -OCH3 is 1. The summed E-state index contributed by atoms with van der Waals surface area (Å²) in [7, 11) is 1.45. The summed E-state index contributed by atoms with van der Waals surface area (Å²) in [6, 6.07) is 18.8.